The lowest BCUT2D eigenvalue weighted by Gasteiger charge is -2.20. The van der Waals surface area contributed by atoms with Crippen LogP contribution in [0.15, 0.2) is 24.3 Å². The van der Waals surface area contributed by atoms with E-state index in [4.69, 9.17) is 19.7 Å². The summed E-state index contributed by atoms with van der Waals surface area (Å²) in [5.74, 6) is -0.222. The van der Waals surface area contributed by atoms with E-state index in [1.807, 2.05) is 6.92 Å². The minimum atomic E-state index is -0.730. The number of hydrogen-bond donors (Lipinski definition) is 3. The molecule has 1 aromatic rings. The van der Waals surface area contributed by atoms with Crippen LogP contribution in [0.25, 0.3) is 0 Å². The normalized spacial score (nSPS) is 12.7. The van der Waals surface area contributed by atoms with Crippen LogP contribution in [0.5, 0.6) is 5.75 Å². The summed E-state index contributed by atoms with van der Waals surface area (Å²) in [7, 11) is 0. The predicted molar refractivity (Wildman–Crippen MR) is 101 cm³/mol. The van der Waals surface area contributed by atoms with E-state index in [0.29, 0.717) is 18.8 Å². The first kappa shape index (κ1) is 24.4. The number of esters is 1. The maximum atomic E-state index is 11.1. The number of benzene rings is 1. The number of aromatic hydroxyl groups is 1. The number of phenols is 1. The Hall–Kier alpha value is -1.63. The van der Waals surface area contributed by atoms with Gasteiger partial charge in [0, 0.05) is 6.61 Å². The molecular weight excluding hydrogens is 336 g/mol. The van der Waals surface area contributed by atoms with Gasteiger partial charge in [0.1, 0.15) is 11.9 Å². The molecule has 2 atom stereocenters. The van der Waals surface area contributed by atoms with Gasteiger partial charge in [-0.05, 0) is 44.0 Å². The van der Waals surface area contributed by atoms with Crippen molar-refractivity contribution >= 4 is 5.97 Å². The molecule has 6 heteroatoms. The number of unbranched alkanes of at least 4 members (excludes halogenated alkanes) is 3. The van der Waals surface area contributed by atoms with Gasteiger partial charge in [0.05, 0.1) is 24.9 Å². The molecule has 0 amide bonds. The Bertz CT molecular complexity index is 460. The van der Waals surface area contributed by atoms with Gasteiger partial charge in [0.25, 0.3) is 0 Å². The first-order valence-electron chi connectivity index (χ1n) is 9.36. The van der Waals surface area contributed by atoms with E-state index in [1.54, 1.807) is 6.92 Å². The van der Waals surface area contributed by atoms with E-state index in [0.717, 1.165) is 12.8 Å². The first-order chi connectivity index (χ1) is 12.5. The van der Waals surface area contributed by atoms with Crippen LogP contribution in [0.1, 0.15) is 63.2 Å². The average Bonchev–Trinajstić information content (AvgIpc) is 2.65. The van der Waals surface area contributed by atoms with Crippen LogP contribution in [-0.2, 0) is 9.47 Å². The Balaban J connectivity index is 0.000000485. The summed E-state index contributed by atoms with van der Waals surface area (Å²) in [6.45, 7) is 6.71. The fourth-order valence-electron chi connectivity index (χ4n) is 2.19. The van der Waals surface area contributed by atoms with Crippen molar-refractivity contribution in [2.45, 2.75) is 65.1 Å². The molecule has 0 aromatic heterocycles. The minimum absolute atomic E-state index is 0.142. The molecule has 26 heavy (non-hydrogen) atoms. The molecule has 0 aliphatic heterocycles. The SMILES string of the molecule is CCCCCCOC(CC)C(O)CO.CCOC(=O)c1ccc(O)cc1. The third-order valence-corrected chi connectivity index (χ3v) is 3.73. The first-order valence-corrected chi connectivity index (χ1v) is 9.36. The quantitative estimate of drug-likeness (QED) is 0.409. The summed E-state index contributed by atoms with van der Waals surface area (Å²) in [5.41, 5.74) is 0.453. The van der Waals surface area contributed by atoms with Crippen LogP contribution in [0.2, 0.25) is 0 Å². The summed E-state index contributed by atoms with van der Waals surface area (Å²) in [6.07, 6.45) is 4.49. The number of phenolic OH excluding ortho intramolecular Hbond substituents is 1. The summed E-state index contributed by atoms with van der Waals surface area (Å²) >= 11 is 0. The van der Waals surface area contributed by atoms with Crippen LogP contribution < -0.4 is 0 Å². The molecule has 2 unspecified atom stereocenters. The van der Waals surface area contributed by atoms with Gasteiger partial charge in [-0.3, -0.25) is 0 Å². The molecular formula is C20H34O6. The molecule has 0 radical (unpaired) electrons. The summed E-state index contributed by atoms with van der Waals surface area (Å²) < 4.78 is 10.2. The molecule has 0 heterocycles. The zero-order valence-corrected chi connectivity index (χ0v) is 16.2. The van der Waals surface area contributed by atoms with E-state index in [1.165, 1.54) is 43.5 Å². The third-order valence-electron chi connectivity index (χ3n) is 3.73. The van der Waals surface area contributed by atoms with Crippen LogP contribution in [-0.4, -0.2) is 53.3 Å². The molecule has 6 nitrogen and oxygen atoms in total. The van der Waals surface area contributed by atoms with Crippen LogP contribution in [0.3, 0.4) is 0 Å². The number of aliphatic hydroxyl groups is 2. The number of hydrogen-bond acceptors (Lipinski definition) is 6. The molecule has 0 aliphatic rings. The fourth-order valence-corrected chi connectivity index (χ4v) is 2.19. The van der Waals surface area contributed by atoms with Crippen molar-refractivity contribution < 1.29 is 29.6 Å². The molecule has 3 N–H and O–H groups in total. The summed E-state index contributed by atoms with van der Waals surface area (Å²) in [6, 6.07) is 5.94. The fraction of sp³-hybridized carbons (Fsp3) is 0.650. The second-order valence-electron chi connectivity index (χ2n) is 5.90. The lowest BCUT2D eigenvalue weighted by molar-refractivity contribution is -0.0598. The van der Waals surface area contributed by atoms with Crippen molar-refractivity contribution in [3.63, 3.8) is 0 Å². The van der Waals surface area contributed by atoms with Crippen molar-refractivity contribution in [1.29, 1.82) is 0 Å². The Morgan fingerprint density at radius 2 is 1.73 bits per heavy atom. The van der Waals surface area contributed by atoms with Crippen molar-refractivity contribution in [3.05, 3.63) is 29.8 Å². The second kappa shape index (κ2) is 15.6. The molecule has 0 spiro atoms. The number of ether oxygens (including phenoxy) is 2. The highest BCUT2D eigenvalue weighted by molar-refractivity contribution is 5.89. The Morgan fingerprint density at radius 1 is 1.08 bits per heavy atom. The number of rotatable bonds is 11. The Morgan fingerprint density at radius 3 is 2.23 bits per heavy atom. The molecule has 1 aromatic carbocycles. The van der Waals surface area contributed by atoms with Gasteiger partial charge in [0.2, 0.25) is 0 Å². The highest BCUT2D eigenvalue weighted by Crippen LogP contribution is 2.10. The standard InChI is InChI=1S/C11H24O3.C9H10O3/c1-3-5-6-7-8-14-11(4-2)10(13)9-12;1-2-12-9(11)7-3-5-8(10)6-4-7/h10-13H,3-9H2,1-2H3;3-6,10H,2H2,1H3. The molecule has 0 saturated carbocycles. The van der Waals surface area contributed by atoms with Gasteiger partial charge in [-0.25, -0.2) is 4.79 Å². The summed E-state index contributed by atoms with van der Waals surface area (Å²) in [5, 5.41) is 27.0. The van der Waals surface area contributed by atoms with E-state index in [-0.39, 0.29) is 24.4 Å². The van der Waals surface area contributed by atoms with Gasteiger partial charge >= 0.3 is 5.97 Å². The highest BCUT2D eigenvalue weighted by atomic mass is 16.5. The Kier molecular flexibility index (Phi) is 14.6. The van der Waals surface area contributed by atoms with Crippen molar-refractivity contribution in [1.82, 2.24) is 0 Å². The molecule has 150 valence electrons. The predicted octanol–water partition coefficient (Wildman–Crippen LogP) is 3.28. The van der Waals surface area contributed by atoms with Crippen molar-refractivity contribution in [3.8, 4) is 5.75 Å². The minimum Gasteiger partial charge on any atom is -0.508 e. The van der Waals surface area contributed by atoms with Crippen LogP contribution >= 0.6 is 0 Å². The molecule has 0 fully saturated rings. The zero-order valence-electron chi connectivity index (χ0n) is 16.2. The van der Waals surface area contributed by atoms with Gasteiger partial charge in [-0.15, -0.1) is 0 Å². The maximum absolute atomic E-state index is 11.1. The van der Waals surface area contributed by atoms with Gasteiger partial charge < -0.3 is 24.8 Å². The monoisotopic (exact) mass is 370 g/mol. The maximum Gasteiger partial charge on any atom is 0.338 e. The highest BCUT2D eigenvalue weighted by Gasteiger charge is 2.16. The third kappa shape index (κ3) is 11.1. The smallest absolute Gasteiger partial charge is 0.338 e. The average molecular weight is 370 g/mol. The van der Waals surface area contributed by atoms with Gasteiger partial charge in [-0.2, -0.15) is 0 Å². The van der Waals surface area contributed by atoms with Gasteiger partial charge in [0.15, 0.2) is 0 Å². The van der Waals surface area contributed by atoms with Gasteiger partial charge in [-0.1, -0.05) is 33.1 Å². The topological polar surface area (TPSA) is 96.2 Å². The Labute approximate surface area is 156 Å². The van der Waals surface area contributed by atoms with Crippen LogP contribution in [0.4, 0.5) is 0 Å². The number of aliphatic hydroxyl groups excluding tert-OH is 2. The van der Waals surface area contributed by atoms with E-state index in [2.05, 4.69) is 6.92 Å². The second-order valence-corrected chi connectivity index (χ2v) is 5.90. The lowest BCUT2D eigenvalue weighted by atomic mass is 10.1. The molecule has 0 aliphatic carbocycles. The van der Waals surface area contributed by atoms with E-state index >= 15 is 0 Å². The zero-order chi connectivity index (χ0) is 19.8. The van der Waals surface area contributed by atoms with Crippen LogP contribution in [0, 0.1) is 0 Å². The number of carbonyl (C=O) groups is 1. The van der Waals surface area contributed by atoms with Crippen molar-refractivity contribution in [2.75, 3.05) is 19.8 Å². The van der Waals surface area contributed by atoms with Crippen molar-refractivity contribution in [2.24, 2.45) is 0 Å². The number of carbonyl (C=O) groups excluding carboxylic acids is 1. The molecule has 1 rings (SSSR count). The summed E-state index contributed by atoms with van der Waals surface area (Å²) in [4.78, 5) is 11.1. The lowest BCUT2D eigenvalue weighted by Crippen LogP contribution is -2.31. The van der Waals surface area contributed by atoms with E-state index < -0.39 is 6.10 Å². The largest absolute Gasteiger partial charge is 0.508 e. The molecule has 0 saturated heterocycles. The van der Waals surface area contributed by atoms with E-state index in [9.17, 15) is 9.90 Å². The molecule has 0 bridgehead atoms.